The molecule has 1 aliphatic heterocycles. The summed E-state index contributed by atoms with van der Waals surface area (Å²) in [6.45, 7) is 4.94. The third-order valence-electron chi connectivity index (χ3n) is 4.99. The van der Waals surface area contributed by atoms with Crippen molar-refractivity contribution in [2.75, 3.05) is 26.3 Å². The van der Waals surface area contributed by atoms with Crippen LogP contribution < -0.4 is 19.5 Å². The molecule has 2 aromatic carbocycles. The van der Waals surface area contributed by atoms with Gasteiger partial charge < -0.3 is 14.8 Å². The van der Waals surface area contributed by atoms with Crippen molar-refractivity contribution in [3.8, 4) is 21.9 Å². The highest BCUT2D eigenvalue weighted by Gasteiger charge is 2.17. The number of aryl methyl sites for hydroxylation is 2. The number of carbonyl (C=O) groups excluding carboxylic acids is 1. The molecule has 0 aliphatic carbocycles. The molecule has 4 rings (SSSR count). The highest BCUT2D eigenvalue weighted by atomic mass is 32.2. The molecule has 2 N–H and O–H groups in total. The summed E-state index contributed by atoms with van der Waals surface area (Å²) in [6.07, 6.45) is 0. The van der Waals surface area contributed by atoms with Gasteiger partial charge in [-0.25, -0.2) is 13.1 Å². The van der Waals surface area contributed by atoms with Crippen LogP contribution >= 0.6 is 11.3 Å². The van der Waals surface area contributed by atoms with Crippen LogP contribution in [-0.4, -0.2) is 40.6 Å². The first-order chi connectivity index (χ1) is 15.3. The minimum Gasteiger partial charge on any atom is -0.486 e. The molecular weight excluding hydrogens is 448 g/mol. The van der Waals surface area contributed by atoms with E-state index in [0.29, 0.717) is 29.4 Å². The average molecular weight is 473 g/mol. The lowest BCUT2D eigenvalue weighted by Crippen LogP contribution is -2.34. The Bertz CT molecular complexity index is 1250. The predicted molar refractivity (Wildman–Crippen MR) is 124 cm³/mol. The number of hydrogen-bond donors (Lipinski definition) is 2. The number of benzene rings is 2. The topological polar surface area (TPSA) is 93.7 Å². The van der Waals surface area contributed by atoms with Crippen molar-refractivity contribution in [1.29, 1.82) is 0 Å². The molecular formula is C23H24N2O5S2. The van der Waals surface area contributed by atoms with E-state index in [2.05, 4.69) is 10.0 Å². The van der Waals surface area contributed by atoms with Crippen LogP contribution in [0.2, 0.25) is 0 Å². The molecule has 1 amide bonds. The molecule has 0 bridgehead atoms. The Hall–Kier alpha value is -2.88. The number of nitrogens with one attached hydrogen (secondary N) is 2. The second-order valence-electron chi connectivity index (χ2n) is 7.44. The maximum Gasteiger partial charge on any atom is 0.261 e. The van der Waals surface area contributed by atoms with E-state index in [1.54, 1.807) is 25.1 Å². The van der Waals surface area contributed by atoms with Gasteiger partial charge in [-0.2, -0.15) is 0 Å². The fourth-order valence-corrected chi connectivity index (χ4v) is 5.61. The number of ether oxygens (including phenoxy) is 2. The summed E-state index contributed by atoms with van der Waals surface area (Å²) in [5, 5.41) is 2.76. The van der Waals surface area contributed by atoms with Crippen molar-refractivity contribution in [1.82, 2.24) is 10.0 Å². The van der Waals surface area contributed by atoms with E-state index in [1.807, 2.05) is 37.3 Å². The van der Waals surface area contributed by atoms with Crippen LogP contribution in [0.1, 0.15) is 20.8 Å². The largest absolute Gasteiger partial charge is 0.486 e. The van der Waals surface area contributed by atoms with E-state index in [9.17, 15) is 13.2 Å². The molecule has 168 valence electrons. The molecule has 0 unspecified atom stereocenters. The fraction of sp³-hybridized carbons (Fsp3) is 0.261. The zero-order chi connectivity index (χ0) is 22.7. The Morgan fingerprint density at radius 2 is 1.75 bits per heavy atom. The molecule has 0 radical (unpaired) electrons. The average Bonchev–Trinajstić information content (AvgIpc) is 3.28. The molecule has 1 aromatic heterocycles. The van der Waals surface area contributed by atoms with E-state index in [0.717, 1.165) is 21.8 Å². The molecule has 0 saturated carbocycles. The van der Waals surface area contributed by atoms with Gasteiger partial charge in [0.15, 0.2) is 11.5 Å². The smallest absolute Gasteiger partial charge is 0.261 e. The molecule has 32 heavy (non-hydrogen) atoms. The van der Waals surface area contributed by atoms with Crippen LogP contribution in [0.25, 0.3) is 10.4 Å². The Labute approximate surface area is 191 Å². The van der Waals surface area contributed by atoms with Crippen molar-refractivity contribution < 1.29 is 22.7 Å². The lowest BCUT2D eigenvalue weighted by Gasteiger charge is -2.18. The predicted octanol–water partition coefficient (Wildman–Crippen LogP) is 3.51. The summed E-state index contributed by atoms with van der Waals surface area (Å²) in [6, 6.07) is 14.6. The lowest BCUT2D eigenvalue weighted by atomic mass is 10.1. The molecule has 0 fully saturated rings. The van der Waals surface area contributed by atoms with E-state index in [-0.39, 0.29) is 23.9 Å². The second kappa shape index (κ2) is 9.32. The SMILES string of the molecule is Cc1ccc(C)c(S(=O)(=O)NCCNC(=O)c2ccc(-c3ccc4c(c3)OCCO4)s2)c1. The third kappa shape index (κ3) is 4.95. The Kier molecular flexibility index (Phi) is 6.50. The first-order valence-electron chi connectivity index (χ1n) is 10.2. The van der Waals surface area contributed by atoms with E-state index >= 15 is 0 Å². The summed E-state index contributed by atoms with van der Waals surface area (Å²) < 4.78 is 38.8. The highest BCUT2D eigenvalue weighted by molar-refractivity contribution is 7.89. The quantitative estimate of drug-likeness (QED) is 0.513. The maximum absolute atomic E-state index is 12.5. The summed E-state index contributed by atoms with van der Waals surface area (Å²) in [5.41, 5.74) is 2.49. The summed E-state index contributed by atoms with van der Waals surface area (Å²) in [4.78, 5) is 14.2. The van der Waals surface area contributed by atoms with Gasteiger partial charge >= 0.3 is 0 Å². The van der Waals surface area contributed by atoms with E-state index in [4.69, 9.17) is 9.47 Å². The second-order valence-corrected chi connectivity index (χ2v) is 10.3. The molecule has 9 heteroatoms. The van der Waals surface area contributed by atoms with Crippen LogP contribution in [0.5, 0.6) is 11.5 Å². The minimum atomic E-state index is -3.64. The zero-order valence-electron chi connectivity index (χ0n) is 17.8. The Morgan fingerprint density at radius 1 is 0.969 bits per heavy atom. The summed E-state index contributed by atoms with van der Waals surface area (Å²) in [5.74, 6) is 1.17. The summed E-state index contributed by atoms with van der Waals surface area (Å²) >= 11 is 1.36. The number of hydrogen-bond acceptors (Lipinski definition) is 6. The molecule has 0 spiro atoms. The molecule has 0 saturated heterocycles. The fourth-order valence-electron chi connectivity index (χ4n) is 3.33. The normalized spacial score (nSPS) is 13.1. The summed E-state index contributed by atoms with van der Waals surface area (Å²) in [7, 11) is -3.64. The Balaban J connectivity index is 1.33. The number of thiophene rings is 1. The van der Waals surface area contributed by atoms with Crippen molar-refractivity contribution in [2.45, 2.75) is 18.7 Å². The van der Waals surface area contributed by atoms with Gasteiger partial charge in [0.2, 0.25) is 10.0 Å². The van der Waals surface area contributed by atoms with E-state index < -0.39 is 10.0 Å². The molecule has 3 aromatic rings. The monoisotopic (exact) mass is 472 g/mol. The molecule has 0 atom stereocenters. The molecule has 7 nitrogen and oxygen atoms in total. The van der Waals surface area contributed by atoms with Gasteiger partial charge in [-0.15, -0.1) is 11.3 Å². The van der Waals surface area contributed by atoms with Gasteiger partial charge in [-0.1, -0.05) is 12.1 Å². The van der Waals surface area contributed by atoms with Crippen molar-refractivity contribution >= 4 is 27.3 Å². The Morgan fingerprint density at radius 3 is 2.56 bits per heavy atom. The lowest BCUT2D eigenvalue weighted by molar-refractivity contribution is 0.0958. The number of amides is 1. The number of carbonyl (C=O) groups is 1. The first-order valence-corrected chi connectivity index (χ1v) is 12.5. The van der Waals surface area contributed by atoms with Gasteiger partial charge in [-0.05, 0) is 66.9 Å². The van der Waals surface area contributed by atoms with E-state index in [1.165, 1.54) is 11.3 Å². The molecule has 1 aliphatic rings. The van der Waals surface area contributed by atoms with Gasteiger partial charge in [0.1, 0.15) is 13.2 Å². The van der Waals surface area contributed by atoms with Crippen molar-refractivity contribution in [3.05, 3.63) is 64.5 Å². The van der Waals surface area contributed by atoms with Crippen molar-refractivity contribution in [2.24, 2.45) is 0 Å². The molecule has 2 heterocycles. The van der Waals surface area contributed by atoms with Crippen LogP contribution in [0.4, 0.5) is 0 Å². The van der Waals surface area contributed by atoms with Gasteiger partial charge in [0.05, 0.1) is 9.77 Å². The first kappa shape index (κ1) is 22.3. The highest BCUT2D eigenvalue weighted by Crippen LogP contribution is 2.36. The maximum atomic E-state index is 12.5. The van der Waals surface area contributed by atoms with Gasteiger partial charge in [0.25, 0.3) is 5.91 Å². The van der Waals surface area contributed by atoms with Gasteiger partial charge in [-0.3, -0.25) is 4.79 Å². The zero-order valence-corrected chi connectivity index (χ0v) is 19.4. The van der Waals surface area contributed by atoms with Crippen molar-refractivity contribution in [3.63, 3.8) is 0 Å². The third-order valence-corrected chi connectivity index (χ3v) is 7.73. The van der Waals surface area contributed by atoms with Crippen LogP contribution in [0, 0.1) is 13.8 Å². The number of fused-ring (bicyclic) bond motifs is 1. The van der Waals surface area contributed by atoms with Gasteiger partial charge in [0, 0.05) is 18.0 Å². The minimum absolute atomic E-state index is 0.0991. The van der Waals surface area contributed by atoms with Crippen LogP contribution in [0.15, 0.2) is 53.4 Å². The van der Waals surface area contributed by atoms with Crippen LogP contribution in [-0.2, 0) is 10.0 Å². The van der Waals surface area contributed by atoms with Crippen LogP contribution in [0.3, 0.4) is 0 Å². The standard InChI is InChI=1S/C23H24N2O5S2/c1-15-3-4-16(2)22(13-15)32(27,28)25-10-9-24-23(26)21-8-7-20(31-21)17-5-6-18-19(14-17)30-12-11-29-18/h3-8,13-14,25H,9-12H2,1-2H3,(H,24,26). The number of rotatable bonds is 7. The number of sulfonamides is 1.